The van der Waals surface area contributed by atoms with E-state index in [1.54, 1.807) is 0 Å². The molecule has 2 rings (SSSR count). The molecule has 1 aliphatic rings. The van der Waals surface area contributed by atoms with Crippen LogP contribution in [0.3, 0.4) is 0 Å². The first-order valence-electron chi connectivity index (χ1n) is 5.18. The van der Waals surface area contributed by atoms with E-state index in [9.17, 15) is 0 Å². The zero-order valence-electron chi connectivity index (χ0n) is 9.03. The first-order valence-corrected chi connectivity index (χ1v) is 6.26. The van der Waals surface area contributed by atoms with Crippen LogP contribution >= 0.6 is 22.6 Å². The molecule has 0 heterocycles. The van der Waals surface area contributed by atoms with E-state index < -0.39 is 0 Å². The second kappa shape index (κ2) is 3.94. The van der Waals surface area contributed by atoms with E-state index in [-0.39, 0.29) is 17.6 Å². The third-order valence-corrected chi connectivity index (χ3v) is 4.25. The molecule has 3 heteroatoms. The highest BCUT2D eigenvalue weighted by Gasteiger charge is 2.48. The molecule has 0 aliphatic heterocycles. The molecule has 2 N–H and O–H groups in total. The molecule has 2 nitrogen and oxygen atoms in total. The molecule has 0 spiro atoms. The van der Waals surface area contributed by atoms with Crippen LogP contribution in [0.4, 0.5) is 0 Å². The van der Waals surface area contributed by atoms with E-state index in [0.717, 1.165) is 15.7 Å². The average molecular weight is 317 g/mol. The van der Waals surface area contributed by atoms with E-state index >= 15 is 0 Å². The van der Waals surface area contributed by atoms with Crippen molar-refractivity contribution in [3.05, 3.63) is 27.8 Å². The van der Waals surface area contributed by atoms with Gasteiger partial charge in [-0.2, -0.15) is 0 Å². The van der Waals surface area contributed by atoms with Crippen molar-refractivity contribution in [3.63, 3.8) is 0 Å². The topological polar surface area (TPSA) is 35.2 Å². The van der Waals surface area contributed by atoms with Gasteiger partial charge in [0.05, 0.1) is 3.57 Å². The van der Waals surface area contributed by atoms with E-state index in [1.165, 1.54) is 0 Å². The summed E-state index contributed by atoms with van der Waals surface area (Å²) in [6, 6.07) is 8.36. The largest absolute Gasteiger partial charge is 0.489 e. The fourth-order valence-corrected chi connectivity index (χ4v) is 2.32. The summed E-state index contributed by atoms with van der Waals surface area (Å²) >= 11 is 2.30. The van der Waals surface area contributed by atoms with Crippen LogP contribution in [0, 0.1) is 8.99 Å². The lowest BCUT2D eigenvalue weighted by Gasteiger charge is -2.49. The van der Waals surface area contributed by atoms with Crippen LogP contribution < -0.4 is 10.5 Å². The van der Waals surface area contributed by atoms with Gasteiger partial charge in [0.2, 0.25) is 0 Å². The predicted octanol–water partition coefficient (Wildman–Crippen LogP) is 2.80. The summed E-state index contributed by atoms with van der Waals surface area (Å²) in [5, 5.41) is 0. The summed E-state index contributed by atoms with van der Waals surface area (Å²) in [5.74, 6) is 0.975. The molecule has 15 heavy (non-hydrogen) atoms. The van der Waals surface area contributed by atoms with Crippen LogP contribution in [-0.4, -0.2) is 12.1 Å². The van der Waals surface area contributed by atoms with Crippen molar-refractivity contribution in [2.24, 2.45) is 11.1 Å². The maximum atomic E-state index is 5.98. The lowest BCUT2D eigenvalue weighted by atomic mass is 9.65. The van der Waals surface area contributed by atoms with E-state index in [2.05, 4.69) is 42.5 Å². The van der Waals surface area contributed by atoms with Crippen LogP contribution in [0.25, 0.3) is 0 Å². The highest BCUT2D eigenvalue weighted by molar-refractivity contribution is 14.1. The highest BCUT2D eigenvalue weighted by atomic mass is 127. The van der Waals surface area contributed by atoms with Crippen LogP contribution in [0.1, 0.15) is 20.3 Å². The Morgan fingerprint density at radius 2 is 2.07 bits per heavy atom. The van der Waals surface area contributed by atoms with E-state index in [4.69, 9.17) is 10.5 Å². The third-order valence-electron chi connectivity index (χ3n) is 3.36. The number of rotatable bonds is 2. The van der Waals surface area contributed by atoms with Gasteiger partial charge in [0, 0.05) is 17.9 Å². The summed E-state index contributed by atoms with van der Waals surface area (Å²) < 4.78 is 7.14. The molecule has 0 amide bonds. The Morgan fingerprint density at radius 1 is 1.40 bits per heavy atom. The molecule has 0 saturated heterocycles. The van der Waals surface area contributed by atoms with Crippen LogP contribution in [0.2, 0.25) is 0 Å². The van der Waals surface area contributed by atoms with Crippen LogP contribution in [0.5, 0.6) is 5.75 Å². The van der Waals surface area contributed by atoms with Crippen molar-refractivity contribution in [2.45, 2.75) is 32.4 Å². The minimum absolute atomic E-state index is 0.0962. The molecule has 82 valence electrons. The molecule has 0 bridgehead atoms. The van der Waals surface area contributed by atoms with E-state index in [1.807, 2.05) is 18.2 Å². The summed E-state index contributed by atoms with van der Waals surface area (Å²) in [4.78, 5) is 0. The number of hydrogen-bond donors (Lipinski definition) is 1. The van der Waals surface area contributed by atoms with Crippen molar-refractivity contribution in [2.75, 3.05) is 0 Å². The maximum absolute atomic E-state index is 5.98. The number of hydrogen-bond acceptors (Lipinski definition) is 2. The van der Waals surface area contributed by atoms with Crippen molar-refractivity contribution in [1.82, 2.24) is 0 Å². The molecule has 1 saturated carbocycles. The molecule has 1 aromatic carbocycles. The molecular formula is C12H16INO. The smallest absolute Gasteiger partial charge is 0.133 e. The first-order chi connectivity index (χ1) is 7.01. The molecule has 1 aromatic rings. The number of ether oxygens (including phenoxy) is 1. The molecule has 2 atom stereocenters. The second-order valence-corrected chi connectivity index (χ2v) is 5.86. The normalized spacial score (nSPS) is 28.3. The van der Waals surface area contributed by atoms with Gasteiger partial charge >= 0.3 is 0 Å². The average Bonchev–Trinajstić information content (AvgIpc) is 2.20. The Labute approximate surface area is 104 Å². The first kappa shape index (κ1) is 11.2. The van der Waals surface area contributed by atoms with Crippen molar-refractivity contribution < 1.29 is 4.74 Å². The molecule has 0 aromatic heterocycles. The Bertz CT molecular complexity index is 364. The lowest BCUT2D eigenvalue weighted by Crippen LogP contribution is -2.60. The Hall–Kier alpha value is -0.290. The van der Waals surface area contributed by atoms with Crippen molar-refractivity contribution in [1.29, 1.82) is 0 Å². The molecule has 2 unspecified atom stereocenters. The Kier molecular flexibility index (Phi) is 2.94. The van der Waals surface area contributed by atoms with Crippen LogP contribution in [0.15, 0.2) is 24.3 Å². The summed E-state index contributed by atoms with van der Waals surface area (Å²) in [6.07, 6.45) is 1.21. The van der Waals surface area contributed by atoms with Crippen LogP contribution in [-0.2, 0) is 0 Å². The zero-order valence-corrected chi connectivity index (χ0v) is 11.2. The lowest BCUT2D eigenvalue weighted by molar-refractivity contribution is -0.0404. The maximum Gasteiger partial charge on any atom is 0.133 e. The quantitative estimate of drug-likeness (QED) is 0.852. The fraction of sp³-hybridized carbons (Fsp3) is 0.500. The minimum atomic E-state index is 0.0962. The van der Waals surface area contributed by atoms with Gasteiger partial charge in [-0.05, 0) is 34.7 Å². The minimum Gasteiger partial charge on any atom is -0.489 e. The van der Waals surface area contributed by atoms with Gasteiger partial charge in [-0.25, -0.2) is 0 Å². The van der Waals surface area contributed by atoms with Gasteiger partial charge in [-0.15, -0.1) is 0 Å². The monoisotopic (exact) mass is 317 g/mol. The molecule has 0 radical (unpaired) electrons. The zero-order chi connectivity index (χ0) is 11.1. The summed E-state index contributed by atoms with van der Waals surface area (Å²) in [6.45, 7) is 4.34. The molecule has 1 fully saturated rings. The SMILES string of the molecule is CC1(C)C(N)CC1Oc1ccccc1I. The van der Waals surface area contributed by atoms with E-state index in [0.29, 0.717) is 0 Å². The number of para-hydroxylation sites is 1. The second-order valence-electron chi connectivity index (χ2n) is 4.70. The Balaban J connectivity index is 2.08. The van der Waals surface area contributed by atoms with Gasteiger partial charge in [-0.3, -0.25) is 0 Å². The highest BCUT2D eigenvalue weighted by Crippen LogP contribution is 2.42. The number of benzene rings is 1. The van der Waals surface area contributed by atoms with Gasteiger partial charge in [0.25, 0.3) is 0 Å². The van der Waals surface area contributed by atoms with Gasteiger partial charge in [0.1, 0.15) is 11.9 Å². The summed E-state index contributed by atoms with van der Waals surface area (Å²) in [5.41, 5.74) is 6.05. The standard InChI is InChI=1S/C12H16INO/c1-12(2)10(14)7-11(12)15-9-6-4-3-5-8(9)13/h3-6,10-11H,7,14H2,1-2H3. The van der Waals surface area contributed by atoms with Crippen molar-refractivity contribution in [3.8, 4) is 5.75 Å². The predicted molar refractivity (Wildman–Crippen MR) is 69.9 cm³/mol. The number of halogens is 1. The van der Waals surface area contributed by atoms with Gasteiger partial charge in [0.15, 0.2) is 0 Å². The van der Waals surface area contributed by atoms with Gasteiger partial charge in [-0.1, -0.05) is 26.0 Å². The fourth-order valence-electron chi connectivity index (χ4n) is 1.81. The number of nitrogens with two attached hydrogens (primary N) is 1. The Morgan fingerprint density at radius 3 is 2.60 bits per heavy atom. The molecule has 1 aliphatic carbocycles. The third kappa shape index (κ3) is 1.99. The van der Waals surface area contributed by atoms with Gasteiger partial charge < -0.3 is 10.5 Å². The van der Waals surface area contributed by atoms with Crippen molar-refractivity contribution >= 4 is 22.6 Å². The summed E-state index contributed by atoms with van der Waals surface area (Å²) in [7, 11) is 0. The molecular weight excluding hydrogens is 301 g/mol.